The summed E-state index contributed by atoms with van der Waals surface area (Å²) in [6.45, 7) is 20.6. The first-order chi connectivity index (χ1) is 25.7. The number of carbonyl (C=O) groups is 4. The summed E-state index contributed by atoms with van der Waals surface area (Å²) in [6.07, 6.45) is 7.41. The van der Waals surface area contributed by atoms with E-state index in [2.05, 4.69) is 48.5 Å². The maximum absolute atomic E-state index is 14.7. The van der Waals surface area contributed by atoms with Crippen molar-refractivity contribution in [1.82, 2.24) is 4.90 Å². The van der Waals surface area contributed by atoms with Crippen LogP contribution in [0.15, 0.2) is 35.4 Å². The molecule has 1 aromatic rings. The van der Waals surface area contributed by atoms with E-state index in [0.29, 0.717) is 35.9 Å². The molecule has 7 rings (SSSR count). The molecule has 1 amide bonds. The smallest absolute Gasteiger partial charge is 0.309 e. The Hall–Kier alpha value is -2.71. The molecule has 4 saturated carbocycles. The van der Waals surface area contributed by atoms with Gasteiger partial charge in [-0.2, -0.15) is 0 Å². The molecule has 55 heavy (non-hydrogen) atoms. The Bertz CT molecular complexity index is 1760. The second-order valence-corrected chi connectivity index (χ2v) is 21.1. The fourth-order valence-corrected chi connectivity index (χ4v) is 13.8. The molecule has 1 saturated heterocycles. The lowest BCUT2D eigenvalue weighted by atomic mass is 9.33. The number of amides is 1. The molecule has 302 valence electrons. The summed E-state index contributed by atoms with van der Waals surface area (Å²) in [5.41, 5.74) is 2.24. The molecule has 1 aromatic carbocycles. The van der Waals surface area contributed by atoms with Crippen molar-refractivity contribution in [2.75, 3.05) is 13.2 Å². The number of Topliss-reactive ketones (excluding diaryl/α,β-unsaturated/α-hetero) is 1. The largest absolute Gasteiger partial charge is 0.481 e. The Morgan fingerprint density at radius 2 is 1.62 bits per heavy atom. The number of ketones is 1. The molecule has 2 unspecified atom stereocenters. The van der Waals surface area contributed by atoms with Gasteiger partial charge < -0.3 is 19.5 Å². The Morgan fingerprint density at radius 3 is 2.27 bits per heavy atom. The van der Waals surface area contributed by atoms with E-state index in [4.69, 9.17) is 21.1 Å². The van der Waals surface area contributed by atoms with Crippen LogP contribution >= 0.6 is 11.6 Å². The van der Waals surface area contributed by atoms with Crippen molar-refractivity contribution < 1.29 is 33.8 Å². The van der Waals surface area contributed by atoms with E-state index in [9.17, 15) is 24.3 Å². The summed E-state index contributed by atoms with van der Waals surface area (Å²) in [6, 6.07) is 7.61. The second kappa shape index (κ2) is 14.0. The summed E-state index contributed by atoms with van der Waals surface area (Å²) in [4.78, 5) is 54.6. The third-order valence-corrected chi connectivity index (χ3v) is 17.0. The van der Waals surface area contributed by atoms with E-state index < -0.39 is 17.4 Å². The molecule has 1 aliphatic heterocycles. The molecule has 1 heterocycles. The van der Waals surface area contributed by atoms with E-state index in [-0.39, 0.29) is 76.3 Å². The summed E-state index contributed by atoms with van der Waals surface area (Å²) in [5, 5.41) is 10.3. The van der Waals surface area contributed by atoms with Crippen LogP contribution in [0.3, 0.4) is 0 Å². The van der Waals surface area contributed by atoms with Gasteiger partial charge in [0.25, 0.3) is 0 Å². The van der Waals surface area contributed by atoms with Crippen molar-refractivity contribution in [2.24, 2.45) is 62.6 Å². The third kappa shape index (κ3) is 6.42. The van der Waals surface area contributed by atoms with Gasteiger partial charge in [-0.15, -0.1) is 0 Å². The number of nitrogens with zero attached hydrogens (tertiary/aromatic N) is 1. The van der Waals surface area contributed by atoms with Crippen LogP contribution in [0, 0.1) is 62.6 Å². The zero-order valence-electron chi connectivity index (χ0n) is 34.6. The summed E-state index contributed by atoms with van der Waals surface area (Å²) in [7, 11) is 0. The molecule has 1 N–H and O–H groups in total. The van der Waals surface area contributed by atoms with Crippen LogP contribution < -0.4 is 0 Å². The average Bonchev–Trinajstić information content (AvgIpc) is 3.40. The number of allylic oxidation sites excluding steroid dienone is 2. The number of carbonyl (C=O) groups excluding carboxylic acids is 3. The molecule has 5 aliphatic carbocycles. The highest BCUT2D eigenvalue weighted by Gasteiger charge is 2.69. The standard InChI is InChI=1S/C46H64ClNO7/c1-26(2)37-38-29(39(40(37)51)31-24-48(35(49)25-54-31)23-27-10-12-28(47)13-11-27)16-20-45(8)30(38)14-15-33-44(7)19-18-34(55-36(50)22-42(3,4)41(52)53)43(5,6)32(44)17-21-46(33,45)9/h10-13,26,29-34,39H,14-25H2,1-9H3,(H,52,53)/t29?,30-,31+,32+,33-,34+,39?,44+,45-,46-/m1/s1. The minimum atomic E-state index is -1.17. The minimum absolute atomic E-state index is 0.00152. The van der Waals surface area contributed by atoms with Crippen LogP contribution in [0.5, 0.6) is 0 Å². The Balaban J connectivity index is 1.12. The van der Waals surface area contributed by atoms with Gasteiger partial charge in [0.1, 0.15) is 12.7 Å². The topological polar surface area (TPSA) is 110 Å². The second-order valence-electron chi connectivity index (χ2n) is 20.6. The van der Waals surface area contributed by atoms with Crippen LogP contribution in [0.4, 0.5) is 0 Å². The molecule has 9 heteroatoms. The molecule has 5 fully saturated rings. The van der Waals surface area contributed by atoms with Crippen LogP contribution in [0.1, 0.15) is 126 Å². The maximum atomic E-state index is 14.7. The Morgan fingerprint density at radius 1 is 0.945 bits per heavy atom. The first kappa shape index (κ1) is 40.5. The number of aliphatic carboxylic acids is 1. The van der Waals surface area contributed by atoms with Gasteiger partial charge in [0.05, 0.1) is 23.9 Å². The Kier molecular flexibility index (Phi) is 10.3. The zero-order valence-corrected chi connectivity index (χ0v) is 35.4. The van der Waals surface area contributed by atoms with Gasteiger partial charge in [0.15, 0.2) is 5.78 Å². The van der Waals surface area contributed by atoms with Gasteiger partial charge in [0.2, 0.25) is 5.91 Å². The van der Waals surface area contributed by atoms with Crippen LogP contribution in [0.25, 0.3) is 0 Å². The predicted octanol–water partition coefficient (Wildman–Crippen LogP) is 9.32. The monoisotopic (exact) mass is 777 g/mol. The van der Waals surface area contributed by atoms with Crippen molar-refractivity contribution in [2.45, 2.75) is 139 Å². The van der Waals surface area contributed by atoms with Gasteiger partial charge in [-0.25, -0.2) is 0 Å². The first-order valence-electron chi connectivity index (χ1n) is 21.0. The Labute approximate surface area is 333 Å². The number of rotatable bonds is 8. The lowest BCUT2D eigenvalue weighted by molar-refractivity contribution is -0.232. The molecule has 0 radical (unpaired) electrons. The molecule has 10 atom stereocenters. The molecule has 0 spiro atoms. The highest BCUT2D eigenvalue weighted by Crippen LogP contribution is 2.76. The lowest BCUT2D eigenvalue weighted by Crippen LogP contribution is -2.65. The highest BCUT2D eigenvalue weighted by atomic mass is 35.5. The maximum Gasteiger partial charge on any atom is 0.309 e. The van der Waals surface area contributed by atoms with Gasteiger partial charge in [-0.05, 0) is 134 Å². The predicted molar refractivity (Wildman–Crippen MR) is 212 cm³/mol. The highest BCUT2D eigenvalue weighted by molar-refractivity contribution is 6.30. The number of esters is 1. The van der Waals surface area contributed by atoms with E-state index in [1.54, 1.807) is 13.8 Å². The van der Waals surface area contributed by atoms with Crippen molar-refractivity contribution in [3.05, 3.63) is 46.0 Å². The van der Waals surface area contributed by atoms with Crippen LogP contribution in [0.2, 0.25) is 5.02 Å². The van der Waals surface area contributed by atoms with Gasteiger partial charge in [0, 0.05) is 23.5 Å². The number of carboxylic acids is 1. The van der Waals surface area contributed by atoms with Crippen molar-refractivity contribution >= 4 is 35.2 Å². The van der Waals surface area contributed by atoms with Crippen molar-refractivity contribution in [3.8, 4) is 0 Å². The molecular weight excluding hydrogens is 714 g/mol. The number of hydrogen-bond acceptors (Lipinski definition) is 6. The van der Waals surface area contributed by atoms with Crippen molar-refractivity contribution in [1.29, 1.82) is 0 Å². The summed E-state index contributed by atoms with van der Waals surface area (Å²) < 4.78 is 12.5. The number of hydrogen-bond donors (Lipinski definition) is 1. The van der Waals surface area contributed by atoms with Gasteiger partial charge >= 0.3 is 11.9 Å². The van der Waals surface area contributed by atoms with E-state index in [1.807, 2.05) is 29.2 Å². The molecule has 0 aromatic heterocycles. The van der Waals surface area contributed by atoms with Crippen molar-refractivity contribution in [3.63, 3.8) is 0 Å². The minimum Gasteiger partial charge on any atom is -0.481 e. The van der Waals surface area contributed by atoms with E-state index in [0.717, 1.165) is 62.5 Å². The van der Waals surface area contributed by atoms with Gasteiger partial charge in [-0.3, -0.25) is 19.2 Å². The van der Waals surface area contributed by atoms with E-state index >= 15 is 0 Å². The van der Waals surface area contributed by atoms with Crippen LogP contribution in [-0.4, -0.2) is 59.0 Å². The van der Waals surface area contributed by atoms with Gasteiger partial charge in [-0.1, -0.05) is 77.8 Å². The zero-order chi connectivity index (χ0) is 40.0. The molecule has 0 bridgehead atoms. The fourth-order valence-electron chi connectivity index (χ4n) is 13.7. The number of benzene rings is 1. The summed E-state index contributed by atoms with van der Waals surface area (Å²) in [5.74, 6) is -0.0121. The summed E-state index contributed by atoms with van der Waals surface area (Å²) >= 11 is 6.14. The molecule has 8 nitrogen and oxygen atoms in total. The van der Waals surface area contributed by atoms with E-state index in [1.165, 1.54) is 5.57 Å². The quantitative estimate of drug-likeness (QED) is 0.262. The third-order valence-electron chi connectivity index (χ3n) is 16.7. The number of carboxylic acid groups (broad SMARTS) is 1. The SMILES string of the molecule is CC(C)C1=C2C(CC[C@]3(C)[C@@H]2CC[C@@H]2[C@@]4(C)CC[C@H](OC(=O)CC(C)(C)C(=O)O)C(C)(C)[C@@H]4CC[C@]23C)C([C@@H]2CN(Cc3ccc(Cl)cc3)C(=O)CO2)C1=O. The number of halogens is 1. The van der Waals surface area contributed by atoms with Crippen LogP contribution in [-0.2, 0) is 35.2 Å². The number of morpholine rings is 1. The molecular formula is C46H64ClNO7. The average molecular weight is 778 g/mol. The number of ether oxygens (including phenoxy) is 2. The molecule has 6 aliphatic rings. The lowest BCUT2D eigenvalue weighted by Gasteiger charge is -2.71. The fraction of sp³-hybridized carbons (Fsp3) is 0.739. The number of fused-ring (bicyclic) bond motifs is 7. The normalized spacial score (nSPS) is 38.6. The first-order valence-corrected chi connectivity index (χ1v) is 21.4.